The van der Waals surface area contributed by atoms with Gasteiger partial charge in [0.15, 0.2) is 0 Å². The van der Waals surface area contributed by atoms with Crippen molar-refractivity contribution in [2.45, 2.75) is 124 Å². The van der Waals surface area contributed by atoms with Gasteiger partial charge in [-0.3, -0.25) is 9.59 Å². The van der Waals surface area contributed by atoms with E-state index < -0.39 is 5.41 Å². The Balaban J connectivity index is 1.46. The molecule has 5 heteroatoms. The van der Waals surface area contributed by atoms with Crippen LogP contribution < -0.4 is 0 Å². The van der Waals surface area contributed by atoms with Gasteiger partial charge in [0.05, 0.1) is 18.6 Å². The number of esters is 2. The predicted octanol–water partition coefficient (Wildman–Crippen LogP) is 6.55. The van der Waals surface area contributed by atoms with Crippen LogP contribution in [0.25, 0.3) is 0 Å². The fourth-order valence-corrected chi connectivity index (χ4v) is 9.35. The van der Waals surface area contributed by atoms with Crippen LogP contribution >= 0.6 is 0 Å². The molecule has 4 rings (SSSR count). The zero-order valence-electron chi connectivity index (χ0n) is 24.0. The molecule has 206 valence electrons. The largest absolute Gasteiger partial charge is 0.469 e. The maximum absolute atomic E-state index is 12.7. The Kier molecular flexibility index (Phi) is 7.93. The quantitative estimate of drug-likeness (QED) is 0.398. The average Bonchev–Trinajstić information content (AvgIpc) is 3.21. The van der Waals surface area contributed by atoms with Crippen LogP contribution in [0.5, 0.6) is 0 Å². The minimum Gasteiger partial charge on any atom is -0.469 e. The fourth-order valence-electron chi connectivity index (χ4n) is 9.35. The summed E-state index contributed by atoms with van der Waals surface area (Å²) in [7, 11) is 1.46. The second kappa shape index (κ2) is 10.2. The van der Waals surface area contributed by atoms with Crippen molar-refractivity contribution in [1.82, 2.24) is 0 Å². The molecule has 0 amide bonds. The molecule has 0 saturated heterocycles. The molecule has 4 fully saturated rings. The normalized spacial score (nSPS) is 43.1. The summed E-state index contributed by atoms with van der Waals surface area (Å²) in [6.07, 6.45) is 10.6. The third kappa shape index (κ3) is 4.64. The Bertz CT molecular complexity index is 822. The summed E-state index contributed by atoms with van der Waals surface area (Å²) in [6, 6.07) is 0. The fraction of sp³-hybridized carbons (Fsp3) is 0.935. The number of carbonyl (C=O) groups is 2. The Morgan fingerprint density at radius 2 is 1.78 bits per heavy atom. The molecule has 36 heavy (non-hydrogen) atoms. The summed E-state index contributed by atoms with van der Waals surface area (Å²) < 4.78 is 10.9. The summed E-state index contributed by atoms with van der Waals surface area (Å²) in [5.41, 5.74) is -0.245. The number of aliphatic hydroxyl groups is 1. The molecule has 4 saturated carbocycles. The van der Waals surface area contributed by atoms with Gasteiger partial charge in [-0.05, 0) is 124 Å². The van der Waals surface area contributed by atoms with E-state index in [1.165, 1.54) is 26.4 Å². The van der Waals surface area contributed by atoms with Gasteiger partial charge in [-0.25, -0.2) is 0 Å². The van der Waals surface area contributed by atoms with Crippen molar-refractivity contribution in [2.75, 3.05) is 7.11 Å². The number of fused-ring (bicyclic) bond motifs is 5. The van der Waals surface area contributed by atoms with E-state index in [4.69, 9.17) is 9.47 Å². The van der Waals surface area contributed by atoms with E-state index >= 15 is 0 Å². The van der Waals surface area contributed by atoms with E-state index in [2.05, 4.69) is 27.7 Å². The van der Waals surface area contributed by atoms with Crippen LogP contribution in [-0.4, -0.2) is 36.4 Å². The first kappa shape index (κ1) is 27.9. The molecule has 0 aliphatic heterocycles. The van der Waals surface area contributed by atoms with Crippen molar-refractivity contribution in [3.8, 4) is 0 Å². The minimum absolute atomic E-state index is 0.0447. The molecule has 0 aromatic rings. The standard InChI is InChI=1S/C31H52O5/c1-8-29(3,4)28(34)36-21-15-16-30(5)20(17-21)10-11-22-24-13-12-23(19(2)9-14-27(33)35-7)31(24,6)26(32)18-25(22)30/h19-26,32H,8-18H2,1-7H3. The summed E-state index contributed by atoms with van der Waals surface area (Å²) in [4.78, 5) is 24.5. The Morgan fingerprint density at radius 3 is 2.44 bits per heavy atom. The molecule has 0 radical (unpaired) electrons. The molecular formula is C31H52O5. The van der Waals surface area contributed by atoms with Crippen molar-refractivity contribution < 1.29 is 24.2 Å². The van der Waals surface area contributed by atoms with Crippen molar-refractivity contribution >= 4 is 11.9 Å². The third-order valence-electron chi connectivity index (χ3n) is 12.2. The van der Waals surface area contributed by atoms with Crippen LogP contribution in [0.3, 0.4) is 0 Å². The van der Waals surface area contributed by atoms with Crippen molar-refractivity contribution in [3.63, 3.8) is 0 Å². The lowest BCUT2D eigenvalue weighted by Crippen LogP contribution is -2.59. The van der Waals surface area contributed by atoms with Crippen molar-refractivity contribution in [1.29, 1.82) is 0 Å². The Morgan fingerprint density at radius 1 is 1.06 bits per heavy atom. The van der Waals surface area contributed by atoms with Gasteiger partial charge in [0, 0.05) is 6.42 Å². The van der Waals surface area contributed by atoms with Gasteiger partial charge in [0.1, 0.15) is 6.10 Å². The van der Waals surface area contributed by atoms with E-state index in [1.54, 1.807) is 0 Å². The SMILES string of the molecule is CCC(C)(C)C(=O)OC1CCC2(C)C(CCC3C2CC(O)C2(C)C(C(C)CCC(=O)OC)CCC32)C1. The Labute approximate surface area is 219 Å². The second-order valence-corrected chi connectivity index (χ2v) is 14.1. The molecule has 10 unspecified atom stereocenters. The number of aliphatic hydroxyl groups excluding tert-OH is 1. The van der Waals surface area contributed by atoms with E-state index in [1.807, 2.05) is 13.8 Å². The number of hydrogen-bond donors (Lipinski definition) is 1. The predicted molar refractivity (Wildman–Crippen MR) is 141 cm³/mol. The highest BCUT2D eigenvalue weighted by Crippen LogP contribution is 2.68. The first-order valence-corrected chi connectivity index (χ1v) is 14.8. The number of methoxy groups -OCH3 is 1. The zero-order chi connectivity index (χ0) is 26.5. The van der Waals surface area contributed by atoms with Crippen LogP contribution in [-0.2, 0) is 19.1 Å². The van der Waals surface area contributed by atoms with Gasteiger partial charge in [-0.15, -0.1) is 0 Å². The highest BCUT2D eigenvalue weighted by atomic mass is 16.5. The van der Waals surface area contributed by atoms with Crippen LogP contribution in [0.15, 0.2) is 0 Å². The molecule has 0 spiro atoms. The van der Waals surface area contributed by atoms with Crippen LogP contribution in [0, 0.1) is 51.8 Å². The first-order valence-electron chi connectivity index (χ1n) is 14.8. The molecule has 4 aliphatic carbocycles. The van der Waals surface area contributed by atoms with E-state index in [0.717, 1.165) is 44.9 Å². The molecule has 1 N–H and O–H groups in total. The van der Waals surface area contributed by atoms with E-state index in [0.29, 0.717) is 41.9 Å². The van der Waals surface area contributed by atoms with Crippen molar-refractivity contribution in [2.24, 2.45) is 51.8 Å². The van der Waals surface area contributed by atoms with Gasteiger partial charge in [0.25, 0.3) is 0 Å². The van der Waals surface area contributed by atoms with E-state index in [9.17, 15) is 14.7 Å². The van der Waals surface area contributed by atoms with Crippen LogP contribution in [0.1, 0.15) is 112 Å². The summed E-state index contributed by atoms with van der Waals surface area (Å²) in [5, 5.41) is 11.8. The zero-order valence-corrected chi connectivity index (χ0v) is 24.0. The first-order chi connectivity index (χ1) is 16.9. The Hall–Kier alpha value is -1.10. The molecule has 0 heterocycles. The van der Waals surface area contributed by atoms with Gasteiger partial charge < -0.3 is 14.6 Å². The lowest BCUT2D eigenvalue weighted by atomic mass is 9.43. The molecule has 5 nitrogen and oxygen atoms in total. The lowest BCUT2D eigenvalue weighted by Gasteiger charge is -2.62. The lowest BCUT2D eigenvalue weighted by molar-refractivity contribution is -0.185. The average molecular weight is 505 g/mol. The monoisotopic (exact) mass is 504 g/mol. The third-order valence-corrected chi connectivity index (χ3v) is 12.2. The van der Waals surface area contributed by atoms with Crippen LogP contribution in [0.2, 0.25) is 0 Å². The van der Waals surface area contributed by atoms with Crippen molar-refractivity contribution in [3.05, 3.63) is 0 Å². The molecule has 0 bridgehead atoms. The highest BCUT2D eigenvalue weighted by molar-refractivity contribution is 5.76. The number of ether oxygens (including phenoxy) is 2. The highest BCUT2D eigenvalue weighted by Gasteiger charge is 2.63. The maximum Gasteiger partial charge on any atom is 0.311 e. The molecular weight excluding hydrogens is 452 g/mol. The topological polar surface area (TPSA) is 72.8 Å². The number of hydrogen-bond acceptors (Lipinski definition) is 5. The summed E-state index contributed by atoms with van der Waals surface area (Å²) in [5.74, 6) is 3.07. The van der Waals surface area contributed by atoms with Gasteiger partial charge in [-0.1, -0.05) is 27.7 Å². The molecule has 10 atom stereocenters. The summed E-state index contributed by atoms with van der Waals surface area (Å²) >= 11 is 0. The van der Waals surface area contributed by atoms with E-state index in [-0.39, 0.29) is 35.0 Å². The molecule has 4 aliphatic rings. The van der Waals surface area contributed by atoms with Gasteiger partial charge in [-0.2, -0.15) is 0 Å². The van der Waals surface area contributed by atoms with Gasteiger partial charge >= 0.3 is 11.9 Å². The summed E-state index contributed by atoms with van der Waals surface area (Å²) in [6.45, 7) is 13.2. The maximum atomic E-state index is 12.7. The molecule has 0 aromatic heterocycles. The van der Waals surface area contributed by atoms with Gasteiger partial charge in [0.2, 0.25) is 0 Å². The molecule has 0 aromatic carbocycles. The number of rotatable bonds is 7. The van der Waals surface area contributed by atoms with Crippen LogP contribution in [0.4, 0.5) is 0 Å². The minimum atomic E-state index is -0.413. The second-order valence-electron chi connectivity index (χ2n) is 14.1. The number of carbonyl (C=O) groups excluding carboxylic acids is 2. The smallest absolute Gasteiger partial charge is 0.311 e.